The second-order valence-electron chi connectivity index (χ2n) is 8.98. The summed E-state index contributed by atoms with van der Waals surface area (Å²) in [7, 11) is 1.59. The lowest BCUT2D eigenvalue weighted by Crippen LogP contribution is -2.31. The number of amidine groups is 1. The molecule has 0 aliphatic carbocycles. The Kier molecular flexibility index (Phi) is 8.08. The largest absolute Gasteiger partial charge is 0.497 e. The number of nitrogens with zero attached hydrogens (tertiary/aromatic N) is 5. The van der Waals surface area contributed by atoms with E-state index in [1.54, 1.807) is 18.1 Å². The number of aliphatic imine (C=N–C) groups is 1. The van der Waals surface area contributed by atoms with Gasteiger partial charge in [0, 0.05) is 12.1 Å². The molecule has 1 N–H and O–H groups in total. The van der Waals surface area contributed by atoms with Crippen molar-refractivity contribution in [2.45, 2.75) is 19.6 Å². The standard InChI is InChI=1S/C28H23F3N6O2S2/c1-17-13-22(39-2)11-12-23(17)37-24(38)15-41-27(37)34-26(40)32-14-18-3-5-19(6-4-18)25-33-16-36(35-25)21-9-7-20(8-10-21)28(29,30)31/h3-13,16H,14-15H2,1-2H3,(H,32,40). The van der Waals surface area contributed by atoms with E-state index >= 15 is 0 Å². The average molecular weight is 597 g/mol. The fourth-order valence-electron chi connectivity index (χ4n) is 4.09. The third-order valence-electron chi connectivity index (χ3n) is 6.21. The second-order valence-corrected chi connectivity index (χ2v) is 10.3. The monoisotopic (exact) mass is 596 g/mol. The number of thioether (sulfide) groups is 1. The molecular weight excluding hydrogens is 573 g/mol. The second kappa shape index (κ2) is 11.7. The first kappa shape index (κ1) is 28.3. The molecule has 0 atom stereocenters. The Morgan fingerprint density at radius 3 is 2.51 bits per heavy atom. The summed E-state index contributed by atoms with van der Waals surface area (Å²) in [5.41, 5.74) is 3.02. The molecule has 1 aliphatic rings. The normalized spacial score (nSPS) is 14.5. The van der Waals surface area contributed by atoms with Gasteiger partial charge in [-0.25, -0.2) is 9.67 Å². The van der Waals surface area contributed by atoms with Crippen LogP contribution in [0.4, 0.5) is 18.9 Å². The van der Waals surface area contributed by atoms with Gasteiger partial charge in [0.1, 0.15) is 12.1 Å². The van der Waals surface area contributed by atoms with Crippen LogP contribution in [0, 0.1) is 6.92 Å². The highest BCUT2D eigenvalue weighted by Gasteiger charge is 2.31. The Labute approximate surface area is 243 Å². The van der Waals surface area contributed by atoms with Gasteiger partial charge in [-0.3, -0.25) is 9.69 Å². The number of halogens is 3. The highest BCUT2D eigenvalue weighted by atomic mass is 32.2. The molecule has 0 bridgehead atoms. The number of nitrogens with one attached hydrogen (secondary N) is 1. The zero-order chi connectivity index (χ0) is 29.1. The van der Waals surface area contributed by atoms with E-state index in [1.807, 2.05) is 43.3 Å². The first-order valence-corrected chi connectivity index (χ1v) is 13.7. The summed E-state index contributed by atoms with van der Waals surface area (Å²) in [6, 6.07) is 17.7. The number of alkyl halides is 3. The maximum Gasteiger partial charge on any atom is 0.416 e. The number of ether oxygens (including phenoxy) is 1. The van der Waals surface area contributed by atoms with Crippen molar-refractivity contribution >= 4 is 45.9 Å². The van der Waals surface area contributed by atoms with Gasteiger partial charge < -0.3 is 10.1 Å². The molecule has 1 fully saturated rings. The van der Waals surface area contributed by atoms with E-state index in [-0.39, 0.29) is 16.8 Å². The van der Waals surface area contributed by atoms with Crippen molar-refractivity contribution < 1.29 is 22.7 Å². The van der Waals surface area contributed by atoms with Crippen molar-refractivity contribution in [3.8, 4) is 22.8 Å². The van der Waals surface area contributed by atoms with Crippen LogP contribution < -0.4 is 15.0 Å². The number of methoxy groups -OCH3 is 1. The number of carbonyl (C=O) groups excluding carboxylic acids is 1. The fourth-order valence-corrected chi connectivity index (χ4v) is 5.17. The Bertz CT molecular complexity index is 1620. The topological polar surface area (TPSA) is 84.6 Å². The SMILES string of the molecule is COc1ccc(N2C(=O)CSC2=NC(=S)NCc2ccc(-c3ncn(-c4ccc(C(F)(F)F)cc4)n3)cc2)c(C)c1. The molecule has 2 heterocycles. The average Bonchev–Trinajstić information content (AvgIpc) is 3.59. The fraction of sp³-hybridized carbons (Fsp3) is 0.179. The smallest absolute Gasteiger partial charge is 0.416 e. The number of hydrogen-bond donors (Lipinski definition) is 1. The van der Waals surface area contributed by atoms with Crippen molar-refractivity contribution in [1.29, 1.82) is 0 Å². The molecule has 3 aromatic carbocycles. The Hall–Kier alpha value is -4.23. The molecule has 210 valence electrons. The van der Waals surface area contributed by atoms with E-state index in [9.17, 15) is 18.0 Å². The van der Waals surface area contributed by atoms with Crippen LogP contribution in [0.5, 0.6) is 5.75 Å². The maximum absolute atomic E-state index is 12.8. The van der Waals surface area contributed by atoms with Crippen molar-refractivity contribution in [3.05, 3.63) is 89.7 Å². The number of hydrogen-bond acceptors (Lipinski definition) is 6. The molecule has 0 unspecified atom stereocenters. The summed E-state index contributed by atoms with van der Waals surface area (Å²) in [5.74, 6) is 1.34. The Morgan fingerprint density at radius 1 is 1.12 bits per heavy atom. The van der Waals surface area contributed by atoms with Crippen molar-refractivity contribution in [1.82, 2.24) is 20.1 Å². The van der Waals surface area contributed by atoms with Crippen LogP contribution in [0.25, 0.3) is 17.1 Å². The van der Waals surface area contributed by atoms with E-state index in [0.29, 0.717) is 29.0 Å². The lowest BCUT2D eigenvalue weighted by Gasteiger charge is -2.19. The van der Waals surface area contributed by atoms with E-state index < -0.39 is 11.7 Å². The summed E-state index contributed by atoms with van der Waals surface area (Å²) in [6.45, 7) is 2.31. The minimum atomic E-state index is -4.40. The summed E-state index contributed by atoms with van der Waals surface area (Å²) in [5, 5.41) is 8.24. The lowest BCUT2D eigenvalue weighted by atomic mass is 10.1. The van der Waals surface area contributed by atoms with Gasteiger partial charge in [-0.05, 0) is 72.7 Å². The van der Waals surface area contributed by atoms with Crippen molar-refractivity contribution in [2.75, 3.05) is 17.8 Å². The quantitative estimate of drug-likeness (QED) is 0.283. The van der Waals surface area contributed by atoms with Crippen LogP contribution in [0.15, 0.2) is 78.0 Å². The van der Waals surface area contributed by atoms with Gasteiger partial charge in [0.25, 0.3) is 0 Å². The van der Waals surface area contributed by atoms with Gasteiger partial charge >= 0.3 is 6.18 Å². The molecule has 13 heteroatoms. The van der Waals surface area contributed by atoms with E-state index in [1.165, 1.54) is 34.9 Å². The highest BCUT2D eigenvalue weighted by Crippen LogP contribution is 2.32. The van der Waals surface area contributed by atoms with Crippen LogP contribution >= 0.6 is 24.0 Å². The van der Waals surface area contributed by atoms with Gasteiger partial charge in [0.2, 0.25) is 5.91 Å². The molecule has 1 aromatic heterocycles. The van der Waals surface area contributed by atoms with E-state index in [4.69, 9.17) is 17.0 Å². The number of aryl methyl sites for hydroxylation is 1. The molecule has 41 heavy (non-hydrogen) atoms. The zero-order valence-corrected chi connectivity index (χ0v) is 23.5. The van der Waals surface area contributed by atoms with Gasteiger partial charge in [-0.2, -0.15) is 18.2 Å². The van der Waals surface area contributed by atoms with Crippen LogP contribution in [0.1, 0.15) is 16.7 Å². The van der Waals surface area contributed by atoms with Crippen LogP contribution in [0.2, 0.25) is 0 Å². The number of rotatable bonds is 6. The van der Waals surface area contributed by atoms with E-state index in [2.05, 4.69) is 20.4 Å². The first-order valence-electron chi connectivity index (χ1n) is 12.3. The van der Waals surface area contributed by atoms with E-state index in [0.717, 1.165) is 34.5 Å². The molecule has 0 spiro atoms. The summed E-state index contributed by atoms with van der Waals surface area (Å²) >= 11 is 6.75. The van der Waals surface area contributed by atoms with Crippen LogP contribution in [0.3, 0.4) is 0 Å². The number of thiocarbonyl (C=S) groups is 1. The molecular formula is C28H23F3N6O2S2. The zero-order valence-electron chi connectivity index (χ0n) is 21.8. The maximum atomic E-state index is 12.8. The number of anilines is 1. The first-order chi connectivity index (χ1) is 19.6. The summed E-state index contributed by atoms with van der Waals surface area (Å²) < 4.78 is 45.2. The van der Waals surface area contributed by atoms with Gasteiger partial charge in [0.15, 0.2) is 16.1 Å². The number of benzene rings is 3. The highest BCUT2D eigenvalue weighted by molar-refractivity contribution is 8.15. The summed E-state index contributed by atoms with van der Waals surface area (Å²) in [4.78, 5) is 22.9. The predicted molar refractivity (Wildman–Crippen MR) is 156 cm³/mol. The van der Waals surface area contributed by atoms with Crippen molar-refractivity contribution in [2.24, 2.45) is 4.99 Å². The van der Waals surface area contributed by atoms with Crippen LogP contribution in [-0.4, -0.2) is 43.8 Å². The minimum absolute atomic E-state index is 0.0743. The van der Waals surface area contributed by atoms with Gasteiger partial charge in [-0.15, -0.1) is 5.10 Å². The molecule has 5 rings (SSSR count). The number of carbonyl (C=O) groups is 1. The number of amides is 1. The van der Waals surface area contributed by atoms with Crippen LogP contribution in [-0.2, 0) is 17.5 Å². The Morgan fingerprint density at radius 2 is 1.85 bits per heavy atom. The molecule has 8 nitrogen and oxygen atoms in total. The minimum Gasteiger partial charge on any atom is -0.497 e. The molecule has 1 saturated heterocycles. The molecule has 4 aromatic rings. The molecule has 0 radical (unpaired) electrons. The predicted octanol–water partition coefficient (Wildman–Crippen LogP) is 5.78. The third kappa shape index (κ3) is 6.41. The van der Waals surface area contributed by atoms with Crippen molar-refractivity contribution in [3.63, 3.8) is 0 Å². The molecule has 0 saturated carbocycles. The van der Waals surface area contributed by atoms with Gasteiger partial charge in [0.05, 0.1) is 29.8 Å². The molecule has 1 amide bonds. The summed E-state index contributed by atoms with van der Waals surface area (Å²) in [6.07, 6.45) is -2.95. The molecule has 1 aliphatic heterocycles. The Balaban J connectivity index is 1.22. The lowest BCUT2D eigenvalue weighted by molar-refractivity contribution is -0.137. The number of aromatic nitrogens is 3. The third-order valence-corrected chi connectivity index (χ3v) is 7.37. The van der Waals surface area contributed by atoms with Gasteiger partial charge in [-0.1, -0.05) is 36.0 Å².